The minimum atomic E-state index is 0.0877. The highest BCUT2D eigenvalue weighted by molar-refractivity contribution is 6.30. The summed E-state index contributed by atoms with van der Waals surface area (Å²) < 4.78 is 5.95. The Labute approximate surface area is 195 Å². The van der Waals surface area contributed by atoms with E-state index >= 15 is 0 Å². The van der Waals surface area contributed by atoms with Crippen molar-refractivity contribution >= 4 is 17.5 Å². The highest BCUT2D eigenvalue weighted by Gasteiger charge is 2.22. The van der Waals surface area contributed by atoms with Crippen LogP contribution in [0.3, 0.4) is 0 Å². The Kier molecular flexibility index (Phi) is 7.13. The molecule has 1 aliphatic rings. The van der Waals surface area contributed by atoms with Gasteiger partial charge in [0.15, 0.2) is 0 Å². The molecule has 5 heteroatoms. The first-order valence-corrected chi connectivity index (χ1v) is 11.4. The number of halogens is 1. The molecule has 1 amide bonds. The summed E-state index contributed by atoms with van der Waals surface area (Å²) in [5.41, 5.74) is 5.29. The summed E-state index contributed by atoms with van der Waals surface area (Å²) in [6.07, 6.45) is 0. The largest absolute Gasteiger partial charge is 0.489 e. The van der Waals surface area contributed by atoms with E-state index in [2.05, 4.69) is 36.1 Å². The van der Waals surface area contributed by atoms with Gasteiger partial charge in [-0.3, -0.25) is 9.69 Å². The van der Waals surface area contributed by atoms with E-state index < -0.39 is 0 Å². The molecule has 3 aromatic rings. The molecule has 0 aromatic heterocycles. The third-order valence-corrected chi connectivity index (χ3v) is 6.09. The van der Waals surface area contributed by atoms with E-state index in [1.807, 2.05) is 54.3 Å². The van der Waals surface area contributed by atoms with Crippen molar-refractivity contribution in [2.75, 3.05) is 26.2 Å². The number of carbonyl (C=O) groups is 1. The zero-order valence-corrected chi connectivity index (χ0v) is 19.4. The number of hydrogen-bond donors (Lipinski definition) is 0. The molecule has 0 radical (unpaired) electrons. The quantitative estimate of drug-likeness (QED) is 0.499. The van der Waals surface area contributed by atoms with Gasteiger partial charge in [-0.2, -0.15) is 0 Å². The lowest BCUT2D eigenvalue weighted by atomic mass is 10.1. The van der Waals surface area contributed by atoms with Gasteiger partial charge in [-0.15, -0.1) is 0 Å². The van der Waals surface area contributed by atoms with Crippen LogP contribution in [-0.2, 0) is 13.2 Å². The molecule has 32 heavy (non-hydrogen) atoms. The molecule has 1 fully saturated rings. The Balaban J connectivity index is 1.32. The fourth-order valence-electron chi connectivity index (χ4n) is 4.09. The summed E-state index contributed by atoms with van der Waals surface area (Å²) in [5, 5.41) is 0.696. The van der Waals surface area contributed by atoms with E-state index in [1.54, 1.807) is 0 Å². The number of rotatable bonds is 6. The van der Waals surface area contributed by atoms with Crippen molar-refractivity contribution in [3.8, 4) is 5.75 Å². The third kappa shape index (κ3) is 5.70. The third-order valence-electron chi connectivity index (χ3n) is 5.85. The molecule has 1 saturated heterocycles. The van der Waals surface area contributed by atoms with Crippen LogP contribution in [0.15, 0.2) is 66.7 Å². The predicted octanol–water partition coefficient (Wildman–Crippen LogP) is 5.49. The fourth-order valence-corrected chi connectivity index (χ4v) is 4.32. The number of piperazine rings is 1. The minimum Gasteiger partial charge on any atom is -0.489 e. The zero-order chi connectivity index (χ0) is 22.5. The van der Waals surface area contributed by atoms with Gasteiger partial charge in [-0.05, 0) is 60.9 Å². The Hall–Kier alpha value is -2.82. The maximum absolute atomic E-state index is 13.1. The molecule has 0 atom stereocenters. The molecule has 0 N–H and O–H groups in total. The smallest absolute Gasteiger partial charge is 0.253 e. The van der Waals surface area contributed by atoms with Crippen LogP contribution in [0.25, 0.3) is 0 Å². The molecule has 1 aliphatic heterocycles. The van der Waals surface area contributed by atoms with Crippen LogP contribution >= 0.6 is 11.6 Å². The van der Waals surface area contributed by atoms with Gasteiger partial charge < -0.3 is 9.64 Å². The fraction of sp³-hybridized carbons (Fsp3) is 0.296. The molecule has 4 rings (SSSR count). The molecule has 0 bridgehead atoms. The van der Waals surface area contributed by atoms with Gasteiger partial charge in [-0.1, -0.05) is 53.6 Å². The topological polar surface area (TPSA) is 32.8 Å². The molecule has 1 heterocycles. The number of hydrogen-bond acceptors (Lipinski definition) is 3. The van der Waals surface area contributed by atoms with E-state index in [0.29, 0.717) is 17.2 Å². The predicted molar refractivity (Wildman–Crippen MR) is 129 cm³/mol. The van der Waals surface area contributed by atoms with Gasteiger partial charge in [-0.25, -0.2) is 0 Å². The summed E-state index contributed by atoms with van der Waals surface area (Å²) in [5.74, 6) is 0.889. The molecular weight excluding hydrogens is 420 g/mol. The summed E-state index contributed by atoms with van der Waals surface area (Å²) in [6, 6.07) is 22.0. The second kappa shape index (κ2) is 10.2. The average Bonchev–Trinajstić information content (AvgIpc) is 2.79. The number of amides is 1. The van der Waals surface area contributed by atoms with Crippen molar-refractivity contribution in [2.45, 2.75) is 27.0 Å². The summed E-state index contributed by atoms with van der Waals surface area (Å²) in [7, 11) is 0. The van der Waals surface area contributed by atoms with E-state index in [1.165, 1.54) is 11.1 Å². The molecule has 166 valence electrons. The normalized spacial score (nSPS) is 14.4. The van der Waals surface area contributed by atoms with Crippen molar-refractivity contribution < 1.29 is 9.53 Å². The minimum absolute atomic E-state index is 0.0877. The van der Waals surface area contributed by atoms with Crippen LogP contribution in [0.5, 0.6) is 5.75 Å². The maximum atomic E-state index is 13.1. The second-order valence-electron chi connectivity index (χ2n) is 8.46. The number of nitrogens with zero attached hydrogens (tertiary/aromatic N) is 2. The molecule has 0 unspecified atom stereocenters. The summed E-state index contributed by atoms with van der Waals surface area (Å²) in [4.78, 5) is 17.4. The second-order valence-corrected chi connectivity index (χ2v) is 8.89. The molecular formula is C27H29ClN2O2. The van der Waals surface area contributed by atoms with E-state index in [9.17, 15) is 4.79 Å². The summed E-state index contributed by atoms with van der Waals surface area (Å²) in [6.45, 7) is 8.70. The Morgan fingerprint density at radius 2 is 1.66 bits per heavy atom. The maximum Gasteiger partial charge on any atom is 0.253 e. The van der Waals surface area contributed by atoms with Crippen LogP contribution in [0, 0.1) is 13.8 Å². The Bertz CT molecular complexity index is 1090. The standard InChI is InChI=1S/C27H29ClN2O2/c1-20-5-3-6-22(15-20)18-29-11-13-30(14-12-29)27(31)24-8-4-7-23(17-24)19-32-26-10-9-25(28)16-21(26)2/h3-10,15-17H,11-14,18-19H2,1-2H3. The van der Waals surface area contributed by atoms with Crippen LogP contribution in [0.2, 0.25) is 5.02 Å². The molecule has 3 aromatic carbocycles. The average molecular weight is 449 g/mol. The van der Waals surface area contributed by atoms with Crippen molar-refractivity contribution in [1.29, 1.82) is 0 Å². The van der Waals surface area contributed by atoms with Gasteiger partial charge in [0.05, 0.1) is 0 Å². The molecule has 0 saturated carbocycles. The van der Waals surface area contributed by atoms with Gasteiger partial charge in [0.2, 0.25) is 0 Å². The number of carbonyl (C=O) groups excluding carboxylic acids is 1. The first-order chi connectivity index (χ1) is 15.5. The number of benzene rings is 3. The van der Waals surface area contributed by atoms with Crippen LogP contribution in [-0.4, -0.2) is 41.9 Å². The monoisotopic (exact) mass is 448 g/mol. The zero-order valence-electron chi connectivity index (χ0n) is 18.7. The first-order valence-electron chi connectivity index (χ1n) is 11.0. The van der Waals surface area contributed by atoms with Crippen LogP contribution in [0.4, 0.5) is 0 Å². The lowest BCUT2D eigenvalue weighted by molar-refractivity contribution is 0.0628. The lowest BCUT2D eigenvalue weighted by Gasteiger charge is -2.35. The molecule has 4 nitrogen and oxygen atoms in total. The van der Waals surface area contributed by atoms with Crippen molar-refractivity contribution in [1.82, 2.24) is 9.80 Å². The number of ether oxygens (including phenoxy) is 1. The van der Waals surface area contributed by atoms with Crippen LogP contribution in [0.1, 0.15) is 32.6 Å². The van der Waals surface area contributed by atoms with E-state index in [4.69, 9.17) is 16.3 Å². The molecule has 0 spiro atoms. The van der Waals surface area contributed by atoms with Gasteiger partial charge in [0, 0.05) is 43.3 Å². The highest BCUT2D eigenvalue weighted by atomic mass is 35.5. The van der Waals surface area contributed by atoms with Crippen molar-refractivity contribution in [3.63, 3.8) is 0 Å². The van der Waals surface area contributed by atoms with E-state index in [0.717, 1.165) is 49.6 Å². The van der Waals surface area contributed by atoms with Crippen molar-refractivity contribution in [2.24, 2.45) is 0 Å². The van der Waals surface area contributed by atoms with Gasteiger partial charge >= 0.3 is 0 Å². The summed E-state index contributed by atoms with van der Waals surface area (Å²) >= 11 is 6.02. The Morgan fingerprint density at radius 1 is 0.906 bits per heavy atom. The van der Waals surface area contributed by atoms with Crippen molar-refractivity contribution in [3.05, 3.63) is 99.6 Å². The van der Waals surface area contributed by atoms with Gasteiger partial charge in [0.1, 0.15) is 12.4 Å². The van der Waals surface area contributed by atoms with Gasteiger partial charge in [0.25, 0.3) is 5.91 Å². The SMILES string of the molecule is Cc1cccc(CN2CCN(C(=O)c3cccc(COc4ccc(Cl)cc4C)c3)CC2)c1. The molecule has 0 aliphatic carbocycles. The van der Waals surface area contributed by atoms with E-state index in [-0.39, 0.29) is 5.91 Å². The van der Waals surface area contributed by atoms with Crippen LogP contribution < -0.4 is 4.74 Å². The first kappa shape index (κ1) is 22.4. The highest BCUT2D eigenvalue weighted by Crippen LogP contribution is 2.23. The Morgan fingerprint density at radius 3 is 2.41 bits per heavy atom. The lowest BCUT2D eigenvalue weighted by Crippen LogP contribution is -2.48. The number of aryl methyl sites for hydroxylation is 2.